The molecule has 0 amide bonds. The van der Waals surface area contributed by atoms with Gasteiger partial charge >= 0.3 is 0 Å². The van der Waals surface area contributed by atoms with Gasteiger partial charge in [-0.25, -0.2) is 14.6 Å². The molecular weight excluding hydrogens is 440 g/mol. The summed E-state index contributed by atoms with van der Waals surface area (Å²) >= 11 is 0. The summed E-state index contributed by atoms with van der Waals surface area (Å²) in [6, 6.07) is 20.1. The molecule has 0 aliphatic rings. The first-order valence-electron chi connectivity index (χ1n) is 11.3. The van der Waals surface area contributed by atoms with Crippen molar-refractivity contribution >= 4 is 0 Å². The molecule has 0 saturated carbocycles. The molecule has 176 valence electrons. The Kier molecular flexibility index (Phi) is 7.60. The van der Waals surface area contributed by atoms with Gasteiger partial charge in [0.15, 0.2) is 11.6 Å². The van der Waals surface area contributed by atoms with Gasteiger partial charge in [0.05, 0.1) is 42.9 Å². The molecule has 0 spiro atoms. The summed E-state index contributed by atoms with van der Waals surface area (Å²) in [5, 5.41) is 13.5. The number of hydrogen-bond acceptors (Lipinski definition) is 7. The third-order valence-corrected chi connectivity index (χ3v) is 5.34. The number of aromatic nitrogens is 4. The summed E-state index contributed by atoms with van der Waals surface area (Å²) in [7, 11) is 4.06. The molecule has 2 aromatic heterocycles. The van der Waals surface area contributed by atoms with Crippen LogP contribution < -0.4 is 10.3 Å². The van der Waals surface area contributed by atoms with Gasteiger partial charge in [0.25, 0.3) is 5.56 Å². The Bertz CT molecular complexity index is 1370. The zero-order chi connectivity index (χ0) is 24.6. The molecule has 0 unspecified atom stereocenters. The van der Waals surface area contributed by atoms with E-state index < -0.39 is 0 Å². The number of ether oxygens (including phenoxy) is 1. The number of hydrogen-bond donors (Lipinski definition) is 0. The summed E-state index contributed by atoms with van der Waals surface area (Å²) in [4.78, 5) is 23.5. The first-order valence-corrected chi connectivity index (χ1v) is 11.3. The van der Waals surface area contributed by atoms with E-state index >= 15 is 0 Å². The van der Waals surface area contributed by atoms with E-state index in [0.717, 1.165) is 29.7 Å². The smallest absolute Gasteiger partial charge is 0.267 e. The molecule has 8 nitrogen and oxygen atoms in total. The molecule has 8 heteroatoms. The number of nitriles is 1. The van der Waals surface area contributed by atoms with Crippen molar-refractivity contribution in [2.45, 2.75) is 13.0 Å². The normalized spacial score (nSPS) is 10.8. The lowest BCUT2D eigenvalue weighted by molar-refractivity contribution is 0.280. The van der Waals surface area contributed by atoms with Crippen LogP contribution in [-0.2, 0) is 6.54 Å². The molecule has 0 N–H and O–H groups in total. The lowest BCUT2D eigenvalue weighted by atomic mass is 10.1. The van der Waals surface area contributed by atoms with Crippen LogP contribution in [0.5, 0.6) is 5.75 Å². The Morgan fingerprint density at radius 3 is 2.49 bits per heavy atom. The van der Waals surface area contributed by atoms with Crippen LogP contribution in [0.3, 0.4) is 0 Å². The van der Waals surface area contributed by atoms with Crippen LogP contribution in [0.25, 0.3) is 22.6 Å². The van der Waals surface area contributed by atoms with E-state index in [4.69, 9.17) is 10.00 Å². The largest absolute Gasteiger partial charge is 0.490 e. The minimum absolute atomic E-state index is 0.195. The van der Waals surface area contributed by atoms with Crippen molar-refractivity contribution in [3.63, 3.8) is 0 Å². The molecule has 35 heavy (non-hydrogen) atoms. The van der Waals surface area contributed by atoms with E-state index in [1.165, 1.54) is 10.7 Å². The summed E-state index contributed by atoms with van der Waals surface area (Å²) in [6.45, 7) is 1.88. The first-order chi connectivity index (χ1) is 17.0. The second-order valence-electron chi connectivity index (χ2n) is 8.35. The Balaban J connectivity index is 1.47. The van der Waals surface area contributed by atoms with E-state index in [-0.39, 0.29) is 5.56 Å². The van der Waals surface area contributed by atoms with Crippen LogP contribution in [0.2, 0.25) is 0 Å². The van der Waals surface area contributed by atoms with Gasteiger partial charge in [-0.3, -0.25) is 4.79 Å². The van der Waals surface area contributed by atoms with Crippen molar-refractivity contribution in [1.29, 1.82) is 5.26 Å². The van der Waals surface area contributed by atoms with E-state index in [9.17, 15) is 4.79 Å². The number of nitrogens with zero attached hydrogens (tertiary/aromatic N) is 6. The minimum Gasteiger partial charge on any atom is -0.490 e. The zero-order valence-corrected chi connectivity index (χ0v) is 19.8. The van der Waals surface area contributed by atoms with Crippen LogP contribution in [0.1, 0.15) is 17.5 Å². The van der Waals surface area contributed by atoms with E-state index in [0.29, 0.717) is 36.0 Å². The third kappa shape index (κ3) is 6.37. The molecule has 0 aliphatic carbocycles. The third-order valence-electron chi connectivity index (χ3n) is 5.34. The Morgan fingerprint density at radius 2 is 1.77 bits per heavy atom. The van der Waals surface area contributed by atoms with E-state index in [1.807, 2.05) is 50.5 Å². The van der Waals surface area contributed by atoms with Crippen LogP contribution in [-0.4, -0.2) is 51.9 Å². The van der Waals surface area contributed by atoms with Crippen molar-refractivity contribution in [2.75, 3.05) is 27.2 Å². The molecule has 2 aromatic carbocycles. The van der Waals surface area contributed by atoms with Crippen molar-refractivity contribution < 1.29 is 4.74 Å². The molecule has 4 rings (SSSR count). The summed E-state index contributed by atoms with van der Waals surface area (Å²) in [5.74, 6) is 1.22. The Labute approximate surface area is 204 Å². The maximum atomic E-state index is 12.5. The van der Waals surface area contributed by atoms with Gasteiger partial charge in [-0.05, 0) is 50.3 Å². The van der Waals surface area contributed by atoms with Crippen molar-refractivity contribution in [3.8, 4) is 34.5 Å². The second-order valence-corrected chi connectivity index (χ2v) is 8.35. The van der Waals surface area contributed by atoms with Gasteiger partial charge in [0.1, 0.15) is 0 Å². The number of benzene rings is 2. The molecule has 0 fully saturated rings. The van der Waals surface area contributed by atoms with E-state index in [1.54, 1.807) is 30.6 Å². The fraction of sp³-hybridized carbons (Fsp3) is 0.222. The molecule has 2 heterocycles. The highest BCUT2D eigenvalue weighted by Crippen LogP contribution is 2.19. The Hall–Kier alpha value is -4.35. The van der Waals surface area contributed by atoms with Gasteiger partial charge in [-0.15, -0.1) is 0 Å². The van der Waals surface area contributed by atoms with Crippen LogP contribution in [0.15, 0.2) is 77.9 Å². The van der Waals surface area contributed by atoms with Crippen molar-refractivity contribution in [3.05, 3.63) is 94.5 Å². The van der Waals surface area contributed by atoms with Crippen LogP contribution >= 0.6 is 0 Å². The standard InChI is InChI=1S/C27H26N6O2/c1-32(2)13-4-14-35-24-17-29-27(30-18-24)23-6-3-5-21(15-23)19-33-26(34)12-11-25(31-33)22-9-7-20(16-28)8-10-22/h3,5-12,15,17-18H,4,13-14,19H2,1-2H3. The highest BCUT2D eigenvalue weighted by Gasteiger charge is 2.08. The second kappa shape index (κ2) is 11.2. The molecule has 0 aliphatic heterocycles. The lowest BCUT2D eigenvalue weighted by Crippen LogP contribution is -2.22. The molecule has 4 aromatic rings. The van der Waals surface area contributed by atoms with Crippen LogP contribution in [0, 0.1) is 11.3 Å². The zero-order valence-electron chi connectivity index (χ0n) is 19.8. The topological polar surface area (TPSA) is 96.9 Å². The first kappa shape index (κ1) is 23.8. The van der Waals surface area contributed by atoms with Gasteiger partial charge in [0, 0.05) is 23.7 Å². The fourth-order valence-electron chi connectivity index (χ4n) is 3.52. The van der Waals surface area contributed by atoms with Gasteiger partial charge in [-0.2, -0.15) is 10.4 Å². The lowest BCUT2D eigenvalue weighted by Gasteiger charge is -2.10. The van der Waals surface area contributed by atoms with Gasteiger partial charge in [0.2, 0.25) is 0 Å². The Morgan fingerprint density at radius 1 is 1.00 bits per heavy atom. The predicted octanol–water partition coefficient (Wildman–Crippen LogP) is 3.62. The quantitative estimate of drug-likeness (QED) is 0.348. The summed E-state index contributed by atoms with van der Waals surface area (Å²) < 4.78 is 7.14. The molecule has 0 bridgehead atoms. The highest BCUT2D eigenvalue weighted by atomic mass is 16.5. The molecule has 0 radical (unpaired) electrons. The predicted molar refractivity (Wildman–Crippen MR) is 134 cm³/mol. The summed E-state index contributed by atoms with van der Waals surface area (Å²) in [6.07, 6.45) is 4.28. The van der Waals surface area contributed by atoms with Crippen molar-refractivity contribution in [1.82, 2.24) is 24.6 Å². The maximum absolute atomic E-state index is 12.5. The van der Waals surface area contributed by atoms with E-state index in [2.05, 4.69) is 26.0 Å². The van der Waals surface area contributed by atoms with Crippen molar-refractivity contribution in [2.24, 2.45) is 0 Å². The average molecular weight is 467 g/mol. The van der Waals surface area contributed by atoms with Gasteiger partial charge < -0.3 is 9.64 Å². The minimum atomic E-state index is -0.195. The molecule has 0 atom stereocenters. The molecule has 0 saturated heterocycles. The average Bonchev–Trinajstić information content (AvgIpc) is 2.88. The summed E-state index contributed by atoms with van der Waals surface area (Å²) in [5.41, 5.74) is 3.63. The SMILES string of the molecule is CN(C)CCCOc1cnc(-c2cccc(Cn3nc(-c4ccc(C#N)cc4)ccc3=O)c2)nc1. The maximum Gasteiger partial charge on any atom is 0.267 e. The molecular formula is C27H26N6O2. The van der Waals surface area contributed by atoms with Crippen LogP contribution in [0.4, 0.5) is 0 Å². The monoisotopic (exact) mass is 466 g/mol. The highest BCUT2D eigenvalue weighted by molar-refractivity contribution is 5.59. The number of rotatable bonds is 9. The van der Waals surface area contributed by atoms with Gasteiger partial charge in [-0.1, -0.05) is 30.3 Å². The fourth-order valence-corrected chi connectivity index (χ4v) is 3.52.